The van der Waals surface area contributed by atoms with Crippen LogP contribution in [0.1, 0.15) is 21.5 Å². The van der Waals surface area contributed by atoms with Gasteiger partial charge in [0.15, 0.2) is 0 Å². The van der Waals surface area contributed by atoms with E-state index in [0.717, 1.165) is 5.56 Å². The van der Waals surface area contributed by atoms with Crippen molar-refractivity contribution in [3.63, 3.8) is 0 Å². The van der Waals surface area contributed by atoms with E-state index in [4.69, 9.17) is 18.0 Å². The highest BCUT2D eigenvalue weighted by molar-refractivity contribution is 7.80. The molecule has 23 heavy (non-hydrogen) atoms. The molecule has 120 valence electrons. The predicted octanol–water partition coefficient (Wildman–Crippen LogP) is 2.85. The van der Waals surface area contributed by atoms with Crippen LogP contribution in [0.2, 0.25) is 0 Å². The fraction of sp³-hybridized carbons (Fsp3) is 0.125. The first-order chi connectivity index (χ1) is 11.0. The third-order valence-corrected chi connectivity index (χ3v) is 3.27. The number of thiocarbonyl (C=S) groups is 1. The summed E-state index contributed by atoms with van der Waals surface area (Å²) in [6.45, 7) is -2.59. The van der Waals surface area contributed by atoms with Gasteiger partial charge in [-0.1, -0.05) is 36.5 Å². The van der Waals surface area contributed by atoms with Crippen LogP contribution in [0.5, 0.6) is 5.75 Å². The minimum atomic E-state index is -2.86. The number of hydrogen-bond donors (Lipinski definition) is 2. The minimum absolute atomic E-state index is 0.0726. The number of carbonyl (C=O) groups is 1. The van der Waals surface area contributed by atoms with Crippen LogP contribution in [-0.4, -0.2) is 17.5 Å². The summed E-state index contributed by atoms with van der Waals surface area (Å²) in [5.41, 5.74) is 7.42. The van der Waals surface area contributed by atoms with Gasteiger partial charge >= 0.3 is 6.61 Å². The standard InChI is InChI=1S/C16H14F2N2O2S/c17-16(18)22-13-7-1-10(2-8-13)9-20-15(21)12-5-3-11(4-6-12)14(19)23/h1-8,16H,9H2,(H2,19,23)(H,20,21). The number of amides is 1. The molecule has 0 aromatic heterocycles. The Labute approximate surface area is 137 Å². The summed E-state index contributed by atoms with van der Waals surface area (Å²) >= 11 is 4.84. The molecule has 1 amide bonds. The van der Waals surface area contributed by atoms with E-state index in [9.17, 15) is 13.6 Å². The molecule has 0 aliphatic carbocycles. The Morgan fingerprint density at radius 3 is 2.17 bits per heavy atom. The van der Waals surface area contributed by atoms with Crippen molar-refractivity contribution in [2.75, 3.05) is 0 Å². The lowest BCUT2D eigenvalue weighted by atomic mass is 10.1. The summed E-state index contributed by atoms with van der Waals surface area (Å²) < 4.78 is 28.3. The first-order valence-corrected chi connectivity index (χ1v) is 7.08. The summed E-state index contributed by atoms with van der Waals surface area (Å²) in [6.07, 6.45) is 0. The van der Waals surface area contributed by atoms with Crippen molar-refractivity contribution in [1.29, 1.82) is 0 Å². The number of halogens is 2. The summed E-state index contributed by atoms with van der Waals surface area (Å²) in [4.78, 5) is 12.3. The molecular weight excluding hydrogens is 322 g/mol. The maximum absolute atomic E-state index is 12.0. The van der Waals surface area contributed by atoms with Gasteiger partial charge in [0.25, 0.3) is 5.91 Å². The van der Waals surface area contributed by atoms with Crippen LogP contribution in [0.25, 0.3) is 0 Å². The van der Waals surface area contributed by atoms with Crippen LogP contribution in [-0.2, 0) is 6.54 Å². The quantitative estimate of drug-likeness (QED) is 0.796. The number of hydrogen-bond acceptors (Lipinski definition) is 3. The Bertz CT molecular complexity index is 688. The molecule has 0 radical (unpaired) electrons. The first kappa shape index (κ1) is 16.8. The highest BCUT2D eigenvalue weighted by Crippen LogP contribution is 2.15. The molecule has 3 N–H and O–H groups in total. The number of rotatable bonds is 6. The maximum Gasteiger partial charge on any atom is 0.387 e. The molecule has 0 bridgehead atoms. The van der Waals surface area contributed by atoms with Gasteiger partial charge < -0.3 is 15.8 Å². The predicted molar refractivity (Wildman–Crippen MR) is 86.6 cm³/mol. The zero-order chi connectivity index (χ0) is 16.8. The molecule has 0 saturated heterocycles. The molecular formula is C16H14F2N2O2S. The molecule has 0 atom stereocenters. The topological polar surface area (TPSA) is 64.4 Å². The molecule has 0 aliphatic heterocycles. The normalized spacial score (nSPS) is 10.4. The number of nitrogens with one attached hydrogen (secondary N) is 1. The molecule has 0 aliphatic rings. The highest BCUT2D eigenvalue weighted by atomic mass is 32.1. The Hall–Kier alpha value is -2.54. The number of nitrogens with two attached hydrogens (primary N) is 1. The lowest BCUT2D eigenvalue weighted by Crippen LogP contribution is -2.22. The molecule has 7 heteroatoms. The second-order valence-corrected chi connectivity index (χ2v) is 5.09. The SMILES string of the molecule is NC(=S)c1ccc(C(=O)NCc2ccc(OC(F)F)cc2)cc1. The van der Waals surface area contributed by atoms with Crippen molar-refractivity contribution in [3.8, 4) is 5.75 Å². The molecule has 2 aromatic carbocycles. The lowest BCUT2D eigenvalue weighted by molar-refractivity contribution is -0.0498. The van der Waals surface area contributed by atoms with E-state index < -0.39 is 6.61 Å². The highest BCUT2D eigenvalue weighted by Gasteiger charge is 2.07. The fourth-order valence-electron chi connectivity index (χ4n) is 1.86. The average Bonchev–Trinajstić information content (AvgIpc) is 2.53. The molecule has 0 unspecified atom stereocenters. The summed E-state index contributed by atoms with van der Waals surface area (Å²) in [5, 5.41) is 2.73. The van der Waals surface area contributed by atoms with E-state index in [0.29, 0.717) is 11.1 Å². The maximum atomic E-state index is 12.0. The Morgan fingerprint density at radius 2 is 1.65 bits per heavy atom. The van der Waals surface area contributed by atoms with Crippen molar-refractivity contribution in [2.45, 2.75) is 13.2 Å². The van der Waals surface area contributed by atoms with Gasteiger partial charge in [-0.2, -0.15) is 8.78 Å². The summed E-state index contributed by atoms with van der Waals surface area (Å²) in [7, 11) is 0. The van der Waals surface area contributed by atoms with Crippen LogP contribution < -0.4 is 15.8 Å². The van der Waals surface area contributed by atoms with Gasteiger partial charge in [-0.25, -0.2) is 0 Å². The van der Waals surface area contributed by atoms with E-state index in [1.165, 1.54) is 12.1 Å². The molecule has 0 fully saturated rings. The molecule has 0 spiro atoms. The third kappa shape index (κ3) is 5.00. The van der Waals surface area contributed by atoms with E-state index in [-0.39, 0.29) is 23.2 Å². The number of alkyl halides is 2. The Balaban J connectivity index is 1.92. The first-order valence-electron chi connectivity index (χ1n) is 6.67. The van der Waals surface area contributed by atoms with Gasteiger partial charge in [0.1, 0.15) is 10.7 Å². The molecule has 2 aromatic rings. The van der Waals surface area contributed by atoms with Crippen LogP contribution >= 0.6 is 12.2 Å². The zero-order valence-electron chi connectivity index (χ0n) is 12.0. The van der Waals surface area contributed by atoms with E-state index in [2.05, 4.69) is 10.1 Å². The molecule has 0 heterocycles. The number of carbonyl (C=O) groups excluding carboxylic acids is 1. The lowest BCUT2D eigenvalue weighted by Gasteiger charge is -2.08. The van der Waals surface area contributed by atoms with Crippen LogP contribution in [0.15, 0.2) is 48.5 Å². The van der Waals surface area contributed by atoms with Crippen molar-refractivity contribution < 1.29 is 18.3 Å². The number of ether oxygens (including phenoxy) is 1. The van der Waals surface area contributed by atoms with Gasteiger partial charge in [-0.05, 0) is 29.8 Å². The Morgan fingerprint density at radius 1 is 1.09 bits per heavy atom. The van der Waals surface area contributed by atoms with Crippen molar-refractivity contribution in [3.05, 3.63) is 65.2 Å². The summed E-state index contributed by atoms with van der Waals surface area (Å²) in [5.74, 6) is -0.184. The fourth-order valence-corrected chi connectivity index (χ4v) is 2.00. The largest absolute Gasteiger partial charge is 0.435 e. The molecule has 4 nitrogen and oxygen atoms in total. The monoisotopic (exact) mass is 336 g/mol. The van der Waals surface area contributed by atoms with Gasteiger partial charge in [-0.15, -0.1) is 0 Å². The molecule has 0 saturated carbocycles. The van der Waals surface area contributed by atoms with E-state index in [1.54, 1.807) is 36.4 Å². The number of benzene rings is 2. The van der Waals surface area contributed by atoms with Crippen molar-refractivity contribution >= 4 is 23.1 Å². The van der Waals surface area contributed by atoms with Crippen molar-refractivity contribution in [2.24, 2.45) is 5.73 Å². The van der Waals surface area contributed by atoms with Gasteiger partial charge in [0, 0.05) is 17.7 Å². The van der Waals surface area contributed by atoms with Gasteiger partial charge in [0.05, 0.1) is 0 Å². The van der Waals surface area contributed by atoms with E-state index >= 15 is 0 Å². The average molecular weight is 336 g/mol. The third-order valence-electron chi connectivity index (χ3n) is 3.03. The molecule has 2 rings (SSSR count). The van der Waals surface area contributed by atoms with Crippen LogP contribution in [0.3, 0.4) is 0 Å². The Kier molecular flexibility index (Phi) is 5.59. The van der Waals surface area contributed by atoms with Crippen LogP contribution in [0.4, 0.5) is 8.78 Å². The second-order valence-electron chi connectivity index (χ2n) is 4.65. The second kappa shape index (κ2) is 7.64. The minimum Gasteiger partial charge on any atom is -0.435 e. The van der Waals surface area contributed by atoms with E-state index in [1.807, 2.05) is 0 Å². The van der Waals surface area contributed by atoms with Gasteiger partial charge in [0.2, 0.25) is 0 Å². The van der Waals surface area contributed by atoms with Crippen LogP contribution in [0, 0.1) is 0 Å². The van der Waals surface area contributed by atoms with Gasteiger partial charge in [-0.3, -0.25) is 4.79 Å². The zero-order valence-corrected chi connectivity index (χ0v) is 12.8. The summed E-state index contributed by atoms with van der Waals surface area (Å²) in [6, 6.07) is 12.7. The smallest absolute Gasteiger partial charge is 0.387 e. The van der Waals surface area contributed by atoms with Crippen molar-refractivity contribution in [1.82, 2.24) is 5.32 Å².